The van der Waals surface area contributed by atoms with Crippen LogP contribution in [0.15, 0.2) is 48.9 Å². The highest BCUT2D eigenvalue weighted by Crippen LogP contribution is 2.39. The van der Waals surface area contributed by atoms with E-state index in [0.717, 1.165) is 4.40 Å². The maximum Gasteiger partial charge on any atom is 0.435 e. The Morgan fingerprint density at radius 1 is 1.03 bits per heavy atom. The Kier molecular flexibility index (Phi) is 4.70. The van der Waals surface area contributed by atoms with Gasteiger partial charge in [0.15, 0.2) is 11.3 Å². The topological polar surface area (TPSA) is 58.9 Å². The lowest BCUT2D eigenvalue weighted by Gasteiger charge is -2.11. The van der Waals surface area contributed by atoms with E-state index in [2.05, 4.69) is 20.2 Å². The molecule has 0 unspecified atom stereocenters. The predicted octanol–water partition coefficient (Wildman–Crippen LogP) is 6.36. The zero-order valence-electron chi connectivity index (χ0n) is 17.4. The standard InChI is InChI=1S/C23H16F5N5/c1-11(2)14-7-12(3-5-16(14)24)18-10-33-19(9-29-18)31-22(23(26,27)28)21(33)13-4-6-17-15(20(13)25)8-30-32-17/h3-11H,1-2H3,(H,30,32). The number of hydrogen-bond donors (Lipinski definition) is 1. The summed E-state index contributed by atoms with van der Waals surface area (Å²) in [6.45, 7) is 3.66. The van der Waals surface area contributed by atoms with Crippen LogP contribution in [0.25, 0.3) is 39.1 Å². The van der Waals surface area contributed by atoms with E-state index in [4.69, 9.17) is 0 Å². The Hall–Kier alpha value is -3.82. The van der Waals surface area contributed by atoms with Gasteiger partial charge in [0.05, 0.1) is 34.7 Å². The summed E-state index contributed by atoms with van der Waals surface area (Å²) in [5.41, 5.74) is -0.441. The number of halogens is 5. The first-order chi connectivity index (χ1) is 15.6. The number of rotatable bonds is 3. The molecular weight excluding hydrogens is 441 g/mol. The lowest BCUT2D eigenvalue weighted by atomic mass is 9.99. The summed E-state index contributed by atoms with van der Waals surface area (Å²) in [5, 5.41) is 6.40. The number of hydrogen-bond acceptors (Lipinski definition) is 3. The van der Waals surface area contributed by atoms with Gasteiger partial charge in [0, 0.05) is 17.3 Å². The second kappa shape index (κ2) is 7.36. The lowest BCUT2D eigenvalue weighted by molar-refractivity contribution is -0.140. The highest BCUT2D eigenvalue weighted by Gasteiger charge is 2.39. The van der Waals surface area contributed by atoms with Crippen molar-refractivity contribution < 1.29 is 22.0 Å². The number of aromatic amines is 1. The number of benzene rings is 2. The Morgan fingerprint density at radius 2 is 1.82 bits per heavy atom. The van der Waals surface area contributed by atoms with Crippen molar-refractivity contribution in [3.05, 3.63) is 71.8 Å². The van der Waals surface area contributed by atoms with Gasteiger partial charge in [-0.05, 0) is 41.8 Å². The van der Waals surface area contributed by atoms with Crippen molar-refractivity contribution >= 4 is 16.6 Å². The quantitative estimate of drug-likeness (QED) is 0.321. The van der Waals surface area contributed by atoms with Crippen molar-refractivity contribution in [3.63, 3.8) is 0 Å². The Morgan fingerprint density at radius 3 is 2.55 bits per heavy atom. The second-order valence-electron chi connectivity index (χ2n) is 7.96. The van der Waals surface area contributed by atoms with Crippen molar-refractivity contribution in [2.75, 3.05) is 0 Å². The van der Waals surface area contributed by atoms with E-state index in [1.807, 2.05) is 13.8 Å². The smallest absolute Gasteiger partial charge is 0.295 e. The number of nitrogens with one attached hydrogen (secondary N) is 1. The Balaban J connectivity index is 1.79. The van der Waals surface area contributed by atoms with Gasteiger partial charge in [0.25, 0.3) is 0 Å². The van der Waals surface area contributed by atoms with Crippen LogP contribution in [0.4, 0.5) is 22.0 Å². The van der Waals surface area contributed by atoms with E-state index in [0.29, 0.717) is 22.3 Å². The molecule has 0 bridgehead atoms. The van der Waals surface area contributed by atoms with Crippen molar-refractivity contribution in [2.45, 2.75) is 25.9 Å². The number of imidazole rings is 1. The number of aromatic nitrogens is 5. The van der Waals surface area contributed by atoms with E-state index < -0.39 is 23.4 Å². The van der Waals surface area contributed by atoms with Gasteiger partial charge in [-0.25, -0.2) is 13.8 Å². The highest BCUT2D eigenvalue weighted by molar-refractivity contribution is 5.85. The molecule has 0 aliphatic rings. The molecule has 2 aromatic carbocycles. The average Bonchev–Trinajstić information content (AvgIpc) is 3.39. The summed E-state index contributed by atoms with van der Waals surface area (Å²) >= 11 is 0. The maximum atomic E-state index is 15.2. The molecule has 5 aromatic rings. The largest absolute Gasteiger partial charge is 0.435 e. The van der Waals surface area contributed by atoms with Crippen molar-refractivity contribution in [1.82, 2.24) is 24.6 Å². The second-order valence-corrected chi connectivity index (χ2v) is 7.96. The molecule has 3 aromatic heterocycles. The van der Waals surface area contributed by atoms with Gasteiger partial charge >= 0.3 is 6.18 Å². The van der Waals surface area contributed by atoms with Crippen LogP contribution in [-0.4, -0.2) is 24.6 Å². The Bertz CT molecular complexity index is 1510. The molecule has 33 heavy (non-hydrogen) atoms. The maximum absolute atomic E-state index is 15.2. The van der Waals surface area contributed by atoms with E-state index >= 15 is 4.39 Å². The lowest BCUT2D eigenvalue weighted by Crippen LogP contribution is -2.08. The molecule has 0 radical (unpaired) electrons. The van der Waals surface area contributed by atoms with Gasteiger partial charge in [-0.3, -0.25) is 14.5 Å². The van der Waals surface area contributed by atoms with Crippen LogP contribution in [0, 0.1) is 11.6 Å². The first kappa shape index (κ1) is 21.0. The van der Waals surface area contributed by atoms with E-state index in [1.165, 1.54) is 42.9 Å². The van der Waals surface area contributed by atoms with Crippen LogP contribution in [0.2, 0.25) is 0 Å². The summed E-state index contributed by atoms with van der Waals surface area (Å²) < 4.78 is 72.2. The van der Waals surface area contributed by atoms with E-state index in [1.54, 1.807) is 6.07 Å². The van der Waals surface area contributed by atoms with Gasteiger partial charge in [-0.1, -0.05) is 13.8 Å². The van der Waals surface area contributed by atoms with Gasteiger partial charge in [0.1, 0.15) is 11.6 Å². The molecule has 0 amide bonds. The van der Waals surface area contributed by atoms with Crippen molar-refractivity contribution in [1.29, 1.82) is 0 Å². The third-order valence-corrected chi connectivity index (χ3v) is 5.50. The molecule has 0 atom stereocenters. The summed E-state index contributed by atoms with van der Waals surface area (Å²) in [5.74, 6) is -1.34. The molecular formula is C23H16F5N5. The molecule has 10 heteroatoms. The average molecular weight is 457 g/mol. The van der Waals surface area contributed by atoms with E-state index in [9.17, 15) is 17.6 Å². The van der Waals surface area contributed by atoms with Crippen LogP contribution in [0.3, 0.4) is 0 Å². The van der Waals surface area contributed by atoms with Gasteiger partial charge in [-0.15, -0.1) is 0 Å². The summed E-state index contributed by atoms with van der Waals surface area (Å²) in [6, 6.07) is 7.10. The summed E-state index contributed by atoms with van der Waals surface area (Å²) in [7, 11) is 0. The SMILES string of the molecule is CC(C)c1cc(-c2cn3c(-c4ccc5[nH]ncc5c4F)c(C(F)(F)F)nc3cn2)ccc1F. The minimum Gasteiger partial charge on any atom is -0.295 e. The fourth-order valence-electron chi connectivity index (χ4n) is 3.87. The third kappa shape index (κ3) is 3.42. The molecule has 1 N–H and O–H groups in total. The first-order valence-electron chi connectivity index (χ1n) is 10.0. The third-order valence-electron chi connectivity index (χ3n) is 5.50. The fourth-order valence-corrected chi connectivity index (χ4v) is 3.87. The minimum absolute atomic E-state index is 0.0602. The molecule has 0 saturated heterocycles. The molecule has 0 saturated carbocycles. The summed E-state index contributed by atoms with van der Waals surface area (Å²) in [4.78, 5) is 7.91. The molecule has 168 valence electrons. The molecule has 0 aliphatic heterocycles. The molecule has 0 aliphatic carbocycles. The van der Waals surface area contributed by atoms with Crippen LogP contribution >= 0.6 is 0 Å². The first-order valence-corrected chi connectivity index (χ1v) is 10.0. The van der Waals surface area contributed by atoms with Crippen LogP contribution in [0.1, 0.15) is 31.0 Å². The van der Waals surface area contributed by atoms with Crippen molar-refractivity contribution in [3.8, 4) is 22.5 Å². The molecule has 5 nitrogen and oxygen atoms in total. The van der Waals surface area contributed by atoms with Crippen LogP contribution < -0.4 is 0 Å². The molecule has 3 heterocycles. The number of alkyl halides is 3. The van der Waals surface area contributed by atoms with E-state index in [-0.39, 0.29) is 28.3 Å². The normalized spacial score (nSPS) is 12.4. The summed E-state index contributed by atoms with van der Waals surface area (Å²) in [6.07, 6.45) is -1.09. The monoisotopic (exact) mass is 457 g/mol. The van der Waals surface area contributed by atoms with Crippen molar-refractivity contribution in [2.24, 2.45) is 0 Å². The molecule has 0 spiro atoms. The minimum atomic E-state index is -4.83. The zero-order chi connectivity index (χ0) is 23.5. The zero-order valence-corrected chi connectivity index (χ0v) is 17.4. The van der Waals surface area contributed by atoms with Gasteiger partial charge in [-0.2, -0.15) is 18.3 Å². The molecule has 5 rings (SSSR count). The van der Waals surface area contributed by atoms with Crippen LogP contribution in [0.5, 0.6) is 0 Å². The number of H-pyrrole nitrogens is 1. The molecule has 0 fully saturated rings. The van der Waals surface area contributed by atoms with Gasteiger partial charge in [0.2, 0.25) is 0 Å². The number of fused-ring (bicyclic) bond motifs is 2. The van der Waals surface area contributed by atoms with Gasteiger partial charge < -0.3 is 0 Å². The Labute approximate surface area is 183 Å². The highest BCUT2D eigenvalue weighted by atomic mass is 19.4. The number of nitrogens with zero attached hydrogens (tertiary/aromatic N) is 4. The predicted molar refractivity (Wildman–Crippen MR) is 113 cm³/mol. The van der Waals surface area contributed by atoms with Crippen LogP contribution in [-0.2, 0) is 6.18 Å². The fraction of sp³-hybridized carbons (Fsp3) is 0.174.